The Balaban J connectivity index is 2.30. The van der Waals surface area contributed by atoms with Gasteiger partial charge in [0.15, 0.2) is 5.13 Å². The Morgan fingerprint density at radius 1 is 1.53 bits per heavy atom. The Hall–Kier alpha value is -1.13. The summed E-state index contributed by atoms with van der Waals surface area (Å²) in [5.74, 6) is 0. The predicted octanol–water partition coefficient (Wildman–Crippen LogP) is 2.36. The van der Waals surface area contributed by atoms with Gasteiger partial charge in [0.25, 0.3) is 0 Å². The highest BCUT2D eigenvalue weighted by molar-refractivity contribution is 7.22. The minimum atomic E-state index is 0.270. The molecule has 1 heterocycles. The number of rotatable bonds is 3. The van der Waals surface area contributed by atoms with E-state index in [0.29, 0.717) is 6.54 Å². The van der Waals surface area contributed by atoms with Gasteiger partial charge in [-0.15, -0.1) is 0 Å². The maximum Gasteiger partial charge on any atom is 0.184 e. The van der Waals surface area contributed by atoms with Crippen molar-refractivity contribution in [1.82, 2.24) is 4.98 Å². The van der Waals surface area contributed by atoms with Gasteiger partial charge in [-0.1, -0.05) is 17.4 Å². The summed E-state index contributed by atoms with van der Waals surface area (Å²) in [7, 11) is 0. The first-order valence-electron chi connectivity index (χ1n) is 5.03. The molecule has 2 rings (SSSR count). The van der Waals surface area contributed by atoms with E-state index >= 15 is 0 Å². The summed E-state index contributed by atoms with van der Waals surface area (Å²) in [4.78, 5) is 4.49. The number of fused-ring (bicyclic) bond motifs is 1. The molecule has 0 amide bonds. The minimum absolute atomic E-state index is 0.270. The Bertz CT molecular complexity index is 464. The molecule has 3 nitrogen and oxygen atoms in total. The van der Waals surface area contributed by atoms with Crippen molar-refractivity contribution in [2.24, 2.45) is 5.73 Å². The van der Waals surface area contributed by atoms with Crippen LogP contribution in [0.3, 0.4) is 0 Å². The quantitative estimate of drug-likeness (QED) is 0.836. The number of benzene rings is 1. The zero-order valence-electron chi connectivity index (χ0n) is 8.95. The zero-order chi connectivity index (χ0) is 10.8. The van der Waals surface area contributed by atoms with E-state index in [-0.39, 0.29) is 6.04 Å². The van der Waals surface area contributed by atoms with Crippen molar-refractivity contribution in [3.63, 3.8) is 0 Å². The third-order valence-corrected chi connectivity index (χ3v) is 3.22. The largest absolute Gasteiger partial charge is 0.358 e. The second-order valence-electron chi connectivity index (χ2n) is 3.77. The highest BCUT2D eigenvalue weighted by Gasteiger charge is 2.05. The number of nitrogens with zero attached hydrogens (tertiary/aromatic N) is 1. The lowest BCUT2D eigenvalue weighted by Gasteiger charge is -2.08. The molecule has 15 heavy (non-hydrogen) atoms. The highest BCUT2D eigenvalue weighted by atomic mass is 32.1. The van der Waals surface area contributed by atoms with Crippen LogP contribution in [0.4, 0.5) is 5.13 Å². The Kier molecular flexibility index (Phi) is 2.88. The molecule has 0 bridgehead atoms. The Morgan fingerprint density at radius 3 is 3.07 bits per heavy atom. The van der Waals surface area contributed by atoms with Gasteiger partial charge in [-0.05, 0) is 31.5 Å². The number of aryl methyl sites for hydroxylation is 1. The first-order valence-corrected chi connectivity index (χ1v) is 5.84. The van der Waals surface area contributed by atoms with Crippen molar-refractivity contribution >= 4 is 26.7 Å². The van der Waals surface area contributed by atoms with Gasteiger partial charge in [0.2, 0.25) is 0 Å². The molecule has 80 valence electrons. The molecule has 0 aliphatic carbocycles. The van der Waals surface area contributed by atoms with Gasteiger partial charge in [-0.25, -0.2) is 4.98 Å². The third kappa shape index (κ3) is 2.27. The Morgan fingerprint density at radius 2 is 2.33 bits per heavy atom. The summed E-state index contributed by atoms with van der Waals surface area (Å²) in [5.41, 5.74) is 7.87. The predicted molar refractivity (Wildman–Crippen MR) is 66.5 cm³/mol. The van der Waals surface area contributed by atoms with Crippen LogP contribution in [0.5, 0.6) is 0 Å². The number of aromatic nitrogens is 1. The van der Waals surface area contributed by atoms with Crippen molar-refractivity contribution in [2.45, 2.75) is 19.9 Å². The average molecular weight is 221 g/mol. The molecule has 0 saturated heterocycles. The van der Waals surface area contributed by atoms with Gasteiger partial charge >= 0.3 is 0 Å². The molecule has 0 aliphatic heterocycles. The lowest BCUT2D eigenvalue weighted by molar-refractivity contribution is 0.803. The lowest BCUT2D eigenvalue weighted by atomic mass is 10.2. The fraction of sp³-hybridized carbons (Fsp3) is 0.364. The van der Waals surface area contributed by atoms with Gasteiger partial charge < -0.3 is 11.1 Å². The Labute approximate surface area is 93.3 Å². The molecule has 1 aromatic carbocycles. The van der Waals surface area contributed by atoms with Crippen LogP contribution in [0.15, 0.2) is 18.2 Å². The molecule has 1 aromatic heterocycles. The average Bonchev–Trinajstić information content (AvgIpc) is 2.59. The summed E-state index contributed by atoms with van der Waals surface area (Å²) in [6, 6.07) is 6.56. The maximum atomic E-state index is 5.55. The normalized spacial score (nSPS) is 13.0. The molecule has 0 radical (unpaired) electrons. The second-order valence-corrected chi connectivity index (χ2v) is 4.80. The first-order chi connectivity index (χ1) is 7.19. The molecule has 1 atom stereocenters. The molecule has 2 aromatic rings. The minimum Gasteiger partial charge on any atom is -0.358 e. The molecule has 4 heteroatoms. The fourth-order valence-corrected chi connectivity index (χ4v) is 2.44. The van der Waals surface area contributed by atoms with Gasteiger partial charge in [0.05, 0.1) is 10.2 Å². The maximum absolute atomic E-state index is 5.55. The molecular formula is C11H15N3S. The summed E-state index contributed by atoms with van der Waals surface area (Å²) < 4.78 is 1.22. The van der Waals surface area contributed by atoms with Crippen molar-refractivity contribution in [3.05, 3.63) is 23.8 Å². The van der Waals surface area contributed by atoms with Crippen LogP contribution in [0.2, 0.25) is 0 Å². The summed E-state index contributed by atoms with van der Waals surface area (Å²) in [5, 5.41) is 4.24. The summed E-state index contributed by atoms with van der Waals surface area (Å²) >= 11 is 1.68. The van der Waals surface area contributed by atoms with Crippen LogP contribution in [-0.4, -0.2) is 17.6 Å². The van der Waals surface area contributed by atoms with Crippen molar-refractivity contribution < 1.29 is 0 Å². The molecule has 0 aliphatic rings. The third-order valence-electron chi connectivity index (χ3n) is 2.27. The molecular weight excluding hydrogens is 206 g/mol. The van der Waals surface area contributed by atoms with E-state index in [1.165, 1.54) is 10.3 Å². The van der Waals surface area contributed by atoms with Crippen molar-refractivity contribution in [1.29, 1.82) is 0 Å². The molecule has 0 fully saturated rings. The van der Waals surface area contributed by atoms with E-state index in [1.54, 1.807) is 11.3 Å². The van der Waals surface area contributed by atoms with Gasteiger partial charge in [-0.2, -0.15) is 0 Å². The lowest BCUT2D eigenvalue weighted by Crippen LogP contribution is -2.24. The zero-order valence-corrected chi connectivity index (χ0v) is 9.77. The smallest absolute Gasteiger partial charge is 0.184 e. The topological polar surface area (TPSA) is 50.9 Å². The van der Waals surface area contributed by atoms with E-state index in [0.717, 1.165) is 10.6 Å². The highest BCUT2D eigenvalue weighted by Crippen LogP contribution is 2.26. The second kappa shape index (κ2) is 4.16. The van der Waals surface area contributed by atoms with Crippen molar-refractivity contribution in [3.8, 4) is 0 Å². The first kappa shape index (κ1) is 10.4. The van der Waals surface area contributed by atoms with E-state index in [4.69, 9.17) is 5.73 Å². The monoisotopic (exact) mass is 221 g/mol. The molecule has 1 unspecified atom stereocenters. The number of anilines is 1. The van der Waals surface area contributed by atoms with E-state index in [1.807, 2.05) is 0 Å². The number of nitrogens with two attached hydrogens (primary N) is 1. The number of thiazole rings is 1. The van der Waals surface area contributed by atoms with Crippen LogP contribution >= 0.6 is 11.3 Å². The summed E-state index contributed by atoms with van der Waals surface area (Å²) in [6.07, 6.45) is 0. The SMILES string of the molecule is Cc1ccc2nc(NC(C)CN)sc2c1. The van der Waals surface area contributed by atoms with E-state index in [2.05, 4.69) is 42.3 Å². The van der Waals surface area contributed by atoms with Crippen LogP contribution in [0.1, 0.15) is 12.5 Å². The molecule has 0 spiro atoms. The van der Waals surface area contributed by atoms with E-state index < -0.39 is 0 Å². The van der Waals surface area contributed by atoms with Crippen molar-refractivity contribution in [2.75, 3.05) is 11.9 Å². The molecule has 0 saturated carbocycles. The van der Waals surface area contributed by atoms with Crippen LogP contribution in [-0.2, 0) is 0 Å². The van der Waals surface area contributed by atoms with Gasteiger partial charge in [0.1, 0.15) is 0 Å². The number of hydrogen-bond acceptors (Lipinski definition) is 4. The standard InChI is InChI=1S/C11H15N3S/c1-7-3-4-9-10(5-7)15-11(14-9)13-8(2)6-12/h3-5,8H,6,12H2,1-2H3,(H,13,14). The van der Waals surface area contributed by atoms with Crippen LogP contribution in [0, 0.1) is 6.92 Å². The fourth-order valence-electron chi connectivity index (χ4n) is 1.36. The van der Waals surface area contributed by atoms with Crippen LogP contribution < -0.4 is 11.1 Å². The van der Waals surface area contributed by atoms with E-state index in [9.17, 15) is 0 Å². The van der Waals surface area contributed by atoms with Gasteiger partial charge in [-0.3, -0.25) is 0 Å². The molecule has 3 N–H and O–H groups in total. The van der Waals surface area contributed by atoms with Crippen LogP contribution in [0.25, 0.3) is 10.2 Å². The number of nitrogens with one attached hydrogen (secondary N) is 1. The summed E-state index contributed by atoms with van der Waals surface area (Å²) in [6.45, 7) is 4.76. The van der Waals surface area contributed by atoms with Gasteiger partial charge in [0, 0.05) is 12.6 Å². The number of hydrogen-bond donors (Lipinski definition) is 2.